The highest BCUT2D eigenvalue weighted by atomic mass is 16.5. The Morgan fingerprint density at radius 2 is 1.82 bits per heavy atom. The summed E-state index contributed by atoms with van der Waals surface area (Å²) in [5, 5.41) is 17.4. The molecule has 0 unspecified atom stereocenters. The maximum atomic E-state index is 9.02. The van der Waals surface area contributed by atoms with Gasteiger partial charge >= 0.3 is 0 Å². The van der Waals surface area contributed by atoms with Crippen LogP contribution in [-0.4, -0.2) is 14.2 Å². The van der Waals surface area contributed by atoms with Crippen LogP contribution in [0.4, 0.5) is 0 Å². The Labute approximate surface area is 100 Å². The van der Waals surface area contributed by atoms with Gasteiger partial charge in [0.05, 0.1) is 31.9 Å². The second-order valence-electron chi connectivity index (χ2n) is 3.21. The van der Waals surface area contributed by atoms with Gasteiger partial charge in [-0.25, -0.2) is 0 Å². The molecule has 86 valence electrons. The minimum absolute atomic E-state index is 0.511. The Kier molecular flexibility index (Phi) is 4.59. The molecule has 0 radical (unpaired) electrons. The lowest BCUT2D eigenvalue weighted by molar-refractivity contribution is 0.354. The SMILES string of the molecule is COc1cc(C#N)c(C/C=C/C#N)cc1OC. The van der Waals surface area contributed by atoms with Gasteiger partial charge < -0.3 is 9.47 Å². The quantitative estimate of drug-likeness (QED) is 0.741. The van der Waals surface area contributed by atoms with Crippen LogP contribution in [-0.2, 0) is 6.42 Å². The number of hydrogen-bond donors (Lipinski definition) is 0. The standard InChI is InChI=1S/C13H12N2O2/c1-16-12-7-10(5-3-4-6-14)11(9-15)8-13(12)17-2/h3-4,7-8H,5H2,1-2H3/b4-3+. The van der Waals surface area contributed by atoms with E-state index in [-0.39, 0.29) is 0 Å². The molecule has 0 aliphatic heterocycles. The Hall–Kier alpha value is -2.46. The van der Waals surface area contributed by atoms with Crippen LogP contribution in [0.5, 0.6) is 11.5 Å². The van der Waals surface area contributed by atoms with Crippen molar-refractivity contribution in [1.82, 2.24) is 0 Å². The third-order valence-electron chi connectivity index (χ3n) is 2.26. The molecule has 1 rings (SSSR count). The summed E-state index contributed by atoms with van der Waals surface area (Å²) in [7, 11) is 3.06. The molecule has 17 heavy (non-hydrogen) atoms. The molecule has 0 bridgehead atoms. The minimum atomic E-state index is 0.511. The van der Waals surface area contributed by atoms with E-state index in [1.165, 1.54) is 13.2 Å². The zero-order valence-electron chi connectivity index (χ0n) is 9.73. The maximum absolute atomic E-state index is 9.02. The summed E-state index contributed by atoms with van der Waals surface area (Å²) >= 11 is 0. The fourth-order valence-corrected chi connectivity index (χ4v) is 1.43. The average molecular weight is 228 g/mol. The van der Waals surface area contributed by atoms with Gasteiger partial charge in [-0.3, -0.25) is 0 Å². The number of allylic oxidation sites excluding steroid dienone is 2. The molecular formula is C13H12N2O2. The van der Waals surface area contributed by atoms with E-state index in [2.05, 4.69) is 6.07 Å². The zero-order chi connectivity index (χ0) is 12.7. The van der Waals surface area contributed by atoms with E-state index in [9.17, 15) is 0 Å². The molecule has 0 saturated heterocycles. The first-order chi connectivity index (χ1) is 8.26. The number of ether oxygens (including phenoxy) is 2. The Balaban J connectivity index is 3.16. The average Bonchev–Trinajstić information content (AvgIpc) is 2.38. The first-order valence-corrected chi connectivity index (χ1v) is 4.96. The molecule has 0 spiro atoms. The molecule has 0 aliphatic rings. The van der Waals surface area contributed by atoms with Crippen LogP contribution >= 0.6 is 0 Å². The van der Waals surface area contributed by atoms with Gasteiger partial charge in [0.1, 0.15) is 0 Å². The van der Waals surface area contributed by atoms with E-state index in [0.717, 1.165) is 5.56 Å². The Morgan fingerprint density at radius 3 is 2.35 bits per heavy atom. The third-order valence-corrected chi connectivity index (χ3v) is 2.26. The molecule has 0 saturated carbocycles. The molecular weight excluding hydrogens is 216 g/mol. The molecule has 0 aliphatic carbocycles. The monoisotopic (exact) mass is 228 g/mol. The van der Waals surface area contributed by atoms with Gasteiger partial charge in [0.15, 0.2) is 11.5 Å². The molecule has 0 atom stereocenters. The van der Waals surface area contributed by atoms with Crippen molar-refractivity contribution in [2.24, 2.45) is 0 Å². The second kappa shape index (κ2) is 6.19. The summed E-state index contributed by atoms with van der Waals surface area (Å²) in [6.07, 6.45) is 3.59. The number of hydrogen-bond acceptors (Lipinski definition) is 4. The molecule has 4 nitrogen and oxygen atoms in total. The maximum Gasteiger partial charge on any atom is 0.162 e. The Bertz CT molecular complexity index is 507. The van der Waals surface area contributed by atoms with Crippen LogP contribution in [0.15, 0.2) is 24.3 Å². The van der Waals surface area contributed by atoms with E-state index in [1.54, 1.807) is 25.3 Å². The number of nitriles is 2. The molecule has 1 aromatic carbocycles. The van der Waals surface area contributed by atoms with Crippen molar-refractivity contribution in [2.45, 2.75) is 6.42 Å². The summed E-state index contributed by atoms with van der Waals surface area (Å²) in [5.41, 5.74) is 1.32. The fraction of sp³-hybridized carbons (Fsp3) is 0.231. The smallest absolute Gasteiger partial charge is 0.162 e. The van der Waals surface area contributed by atoms with Crippen molar-refractivity contribution in [3.05, 3.63) is 35.4 Å². The van der Waals surface area contributed by atoms with Crippen molar-refractivity contribution in [1.29, 1.82) is 10.5 Å². The number of benzene rings is 1. The predicted molar refractivity (Wildman–Crippen MR) is 62.7 cm³/mol. The minimum Gasteiger partial charge on any atom is -0.493 e. The normalized spacial score (nSPS) is 9.65. The van der Waals surface area contributed by atoms with Crippen molar-refractivity contribution >= 4 is 0 Å². The first-order valence-electron chi connectivity index (χ1n) is 4.96. The van der Waals surface area contributed by atoms with Crippen LogP contribution in [0.1, 0.15) is 11.1 Å². The highest BCUT2D eigenvalue weighted by Crippen LogP contribution is 2.30. The predicted octanol–water partition coefficient (Wildman–Crippen LogP) is 2.20. The molecule has 4 heteroatoms. The van der Waals surface area contributed by atoms with Crippen LogP contribution < -0.4 is 9.47 Å². The lowest BCUT2D eigenvalue weighted by Gasteiger charge is -2.10. The number of methoxy groups -OCH3 is 2. The molecule has 0 fully saturated rings. The van der Waals surface area contributed by atoms with Crippen molar-refractivity contribution in [3.8, 4) is 23.6 Å². The van der Waals surface area contributed by atoms with Gasteiger partial charge in [0, 0.05) is 12.1 Å². The van der Waals surface area contributed by atoms with Crippen LogP contribution in [0.3, 0.4) is 0 Å². The summed E-state index contributed by atoms with van der Waals surface area (Å²) < 4.78 is 10.3. The van der Waals surface area contributed by atoms with Crippen molar-refractivity contribution in [2.75, 3.05) is 14.2 Å². The first kappa shape index (κ1) is 12.6. The molecule has 1 aromatic rings. The summed E-state index contributed by atoms with van der Waals surface area (Å²) in [6.45, 7) is 0. The second-order valence-corrected chi connectivity index (χ2v) is 3.21. The van der Waals surface area contributed by atoms with Crippen LogP contribution in [0.2, 0.25) is 0 Å². The van der Waals surface area contributed by atoms with E-state index < -0.39 is 0 Å². The van der Waals surface area contributed by atoms with E-state index >= 15 is 0 Å². The molecule has 0 amide bonds. The lowest BCUT2D eigenvalue weighted by Crippen LogP contribution is -1.95. The van der Waals surface area contributed by atoms with Crippen molar-refractivity contribution < 1.29 is 9.47 Å². The van der Waals surface area contributed by atoms with Gasteiger partial charge in [0.2, 0.25) is 0 Å². The zero-order valence-corrected chi connectivity index (χ0v) is 9.73. The number of rotatable bonds is 4. The fourth-order valence-electron chi connectivity index (χ4n) is 1.43. The van der Waals surface area contributed by atoms with Gasteiger partial charge in [-0.15, -0.1) is 0 Å². The van der Waals surface area contributed by atoms with Crippen LogP contribution in [0.25, 0.3) is 0 Å². The summed E-state index contributed by atoms with van der Waals surface area (Å²) in [4.78, 5) is 0. The largest absolute Gasteiger partial charge is 0.493 e. The lowest BCUT2D eigenvalue weighted by atomic mass is 10.0. The molecule has 0 aromatic heterocycles. The third kappa shape index (κ3) is 2.99. The van der Waals surface area contributed by atoms with Gasteiger partial charge in [-0.05, 0) is 18.1 Å². The van der Waals surface area contributed by atoms with E-state index in [0.29, 0.717) is 23.5 Å². The van der Waals surface area contributed by atoms with Crippen molar-refractivity contribution in [3.63, 3.8) is 0 Å². The van der Waals surface area contributed by atoms with E-state index in [4.69, 9.17) is 20.0 Å². The molecule has 0 N–H and O–H groups in total. The van der Waals surface area contributed by atoms with Gasteiger partial charge in [-0.1, -0.05) is 6.08 Å². The topological polar surface area (TPSA) is 66.0 Å². The summed E-state index contributed by atoms with van der Waals surface area (Å²) in [6, 6.07) is 7.39. The van der Waals surface area contributed by atoms with Gasteiger partial charge in [-0.2, -0.15) is 10.5 Å². The van der Waals surface area contributed by atoms with Crippen LogP contribution in [0, 0.1) is 22.7 Å². The number of nitrogens with zero attached hydrogens (tertiary/aromatic N) is 2. The summed E-state index contributed by atoms with van der Waals surface area (Å²) in [5.74, 6) is 1.10. The van der Waals surface area contributed by atoms with E-state index in [1.807, 2.05) is 6.07 Å². The van der Waals surface area contributed by atoms with Gasteiger partial charge in [0.25, 0.3) is 0 Å². The highest BCUT2D eigenvalue weighted by Gasteiger charge is 2.09. The Morgan fingerprint density at radius 1 is 1.18 bits per heavy atom. The highest BCUT2D eigenvalue weighted by molar-refractivity contribution is 5.52. The molecule has 0 heterocycles.